The third-order valence-corrected chi connectivity index (χ3v) is 4.59. The van der Waals surface area contributed by atoms with Crippen molar-refractivity contribution in [3.8, 4) is 17.2 Å². The van der Waals surface area contributed by atoms with Crippen molar-refractivity contribution in [1.29, 1.82) is 0 Å². The molecule has 1 atom stereocenters. The van der Waals surface area contributed by atoms with Crippen molar-refractivity contribution < 1.29 is 28.5 Å². The number of hydrogen-bond acceptors (Lipinski definition) is 6. The van der Waals surface area contributed by atoms with Crippen LogP contribution in [0.4, 0.5) is 5.69 Å². The topological polar surface area (TPSA) is 83.1 Å². The Hall–Kier alpha value is -3.22. The lowest BCUT2D eigenvalue weighted by molar-refractivity contribution is -0.122. The number of ether oxygens (including phenoxy) is 4. The van der Waals surface area contributed by atoms with Crippen LogP contribution in [-0.4, -0.2) is 39.3 Å². The van der Waals surface area contributed by atoms with E-state index in [4.69, 9.17) is 18.9 Å². The molecular formula is C23H29NO6. The quantitative estimate of drug-likeness (QED) is 0.683. The third kappa shape index (κ3) is 5.43. The minimum Gasteiger partial charge on any atom is -0.493 e. The molecule has 162 valence electrons. The molecule has 7 nitrogen and oxygen atoms in total. The van der Waals surface area contributed by atoms with Crippen LogP contribution in [-0.2, 0) is 14.9 Å². The number of amides is 1. The molecule has 0 aromatic heterocycles. The van der Waals surface area contributed by atoms with Crippen LogP contribution >= 0.6 is 0 Å². The van der Waals surface area contributed by atoms with Crippen LogP contribution in [0.25, 0.3) is 0 Å². The smallest absolute Gasteiger partial charge is 0.340 e. The van der Waals surface area contributed by atoms with Gasteiger partial charge >= 0.3 is 5.97 Å². The fourth-order valence-electron chi connectivity index (χ4n) is 2.79. The van der Waals surface area contributed by atoms with Crippen LogP contribution < -0.4 is 19.5 Å². The number of rotatable bonds is 7. The van der Waals surface area contributed by atoms with Crippen LogP contribution in [0.1, 0.15) is 43.6 Å². The van der Waals surface area contributed by atoms with Gasteiger partial charge in [-0.3, -0.25) is 4.79 Å². The zero-order valence-electron chi connectivity index (χ0n) is 18.5. The number of hydrogen-bond donors (Lipinski definition) is 1. The first kappa shape index (κ1) is 23.1. The summed E-state index contributed by atoms with van der Waals surface area (Å²) in [7, 11) is 4.18. The number of methoxy groups -OCH3 is 3. The lowest BCUT2D eigenvalue weighted by Gasteiger charge is -2.20. The van der Waals surface area contributed by atoms with Crippen molar-refractivity contribution >= 4 is 17.6 Å². The van der Waals surface area contributed by atoms with E-state index >= 15 is 0 Å². The Balaban J connectivity index is 2.20. The maximum atomic E-state index is 12.7. The Labute approximate surface area is 177 Å². The summed E-state index contributed by atoms with van der Waals surface area (Å²) in [5, 5.41) is 2.71. The predicted octanol–water partition coefficient (Wildman–Crippen LogP) is 4.19. The second-order valence-electron chi connectivity index (χ2n) is 7.77. The molecule has 1 N–H and O–H groups in total. The van der Waals surface area contributed by atoms with Crippen molar-refractivity contribution in [2.45, 2.75) is 39.2 Å². The van der Waals surface area contributed by atoms with Crippen LogP contribution in [0, 0.1) is 0 Å². The molecule has 2 aromatic carbocycles. The van der Waals surface area contributed by atoms with Gasteiger partial charge in [-0.05, 0) is 30.0 Å². The highest BCUT2D eigenvalue weighted by molar-refractivity contribution is 6.03. The standard InChI is InChI=1S/C23H29NO6/c1-14(30-16-10-8-15(9-11-16)23(2,3)4)21(25)24-18-13-20(28-6)19(27-5)12-17(18)22(26)29-7/h8-14H,1-7H3,(H,24,25)/t14-/m0/s1. The molecule has 0 spiro atoms. The molecule has 0 unspecified atom stereocenters. The van der Waals surface area contributed by atoms with E-state index in [0.717, 1.165) is 0 Å². The van der Waals surface area contributed by atoms with Gasteiger partial charge in [0.05, 0.1) is 32.6 Å². The minimum absolute atomic E-state index is 0.0270. The van der Waals surface area contributed by atoms with Crippen LogP contribution in [0.3, 0.4) is 0 Å². The van der Waals surface area contributed by atoms with Gasteiger partial charge in [-0.15, -0.1) is 0 Å². The molecule has 0 fully saturated rings. The largest absolute Gasteiger partial charge is 0.493 e. The van der Waals surface area contributed by atoms with Crippen molar-refractivity contribution in [2.24, 2.45) is 0 Å². The summed E-state index contributed by atoms with van der Waals surface area (Å²) in [5.74, 6) is 0.252. The van der Waals surface area contributed by atoms with Gasteiger partial charge in [0.25, 0.3) is 5.91 Å². The number of carbonyl (C=O) groups is 2. The van der Waals surface area contributed by atoms with E-state index in [1.54, 1.807) is 6.92 Å². The summed E-state index contributed by atoms with van der Waals surface area (Å²) in [5.41, 5.74) is 1.58. The first-order valence-electron chi connectivity index (χ1n) is 9.53. The van der Waals surface area contributed by atoms with E-state index in [-0.39, 0.29) is 16.7 Å². The van der Waals surface area contributed by atoms with Crippen molar-refractivity contribution in [2.75, 3.05) is 26.6 Å². The summed E-state index contributed by atoms with van der Waals surface area (Å²) in [4.78, 5) is 24.9. The highest BCUT2D eigenvalue weighted by Crippen LogP contribution is 2.34. The molecule has 0 saturated carbocycles. The molecule has 7 heteroatoms. The van der Waals surface area contributed by atoms with E-state index in [9.17, 15) is 9.59 Å². The van der Waals surface area contributed by atoms with Crippen molar-refractivity contribution in [1.82, 2.24) is 0 Å². The first-order chi connectivity index (χ1) is 14.1. The molecule has 2 aromatic rings. The fraction of sp³-hybridized carbons (Fsp3) is 0.391. The summed E-state index contributed by atoms with van der Waals surface area (Å²) >= 11 is 0. The lowest BCUT2D eigenvalue weighted by Crippen LogP contribution is -2.30. The summed E-state index contributed by atoms with van der Waals surface area (Å²) < 4.78 is 21.1. The highest BCUT2D eigenvalue weighted by atomic mass is 16.5. The van der Waals surface area contributed by atoms with Crippen LogP contribution in [0.15, 0.2) is 36.4 Å². The molecule has 0 saturated heterocycles. The molecule has 0 heterocycles. The summed E-state index contributed by atoms with van der Waals surface area (Å²) in [6.07, 6.45) is -0.802. The summed E-state index contributed by atoms with van der Waals surface area (Å²) in [6, 6.07) is 10.6. The second-order valence-corrected chi connectivity index (χ2v) is 7.77. The Morgan fingerprint density at radius 1 is 0.933 bits per heavy atom. The molecule has 0 radical (unpaired) electrons. The van der Waals surface area contributed by atoms with Gasteiger partial charge in [-0.25, -0.2) is 4.79 Å². The van der Waals surface area contributed by atoms with Crippen LogP contribution in [0.2, 0.25) is 0 Å². The van der Waals surface area contributed by atoms with Gasteiger partial charge in [0.1, 0.15) is 5.75 Å². The summed E-state index contributed by atoms with van der Waals surface area (Å²) in [6.45, 7) is 8.01. The monoisotopic (exact) mass is 415 g/mol. The average Bonchev–Trinajstić information content (AvgIpc) is 2.72. The Kier molecular flexibility index (Phi) is 7.32. The number of nitrogens with one attached hydrogen (secondary N) is 1. The van der Waals surface area contributed by atoms with Gasteiger partial charge in [0, 0.05) is 12.1 Å². The maximum Gasteiger partial charge on any atom is 0.340 e. The predicted molar refractivity (Wildman–Crippen MR) is 115 cm³/mol. The molecule has 1 amide bonds. The maximum absolute atomic E-state index is 12.7. The van der Waals surface area contributed by atoms with E-state index in [1.165, 1.54) is 39.0 Å². The fourth-order valence-corrected chi connectivity index (χ4v) is 2.79. The number of anilines is 1. The molecule has 0 bridgehead atoms. The SMILES string of the molecule is COC(=O)c1cc(OC)c(OC)cc1NC(=O)[C@H](C)Oc1ccc(C(C)(C)C)cc1. The van der Waals surface area contributed by atoms with E-state index in [2.05, 4.69) is 26.1 Å². The molecule has 0 aliphatic carbocycles. The van der Waals surface area contributed by atoms with Crippen molar-refractivity contribution in [3.05, 3.63) is 47.5 Å². The zero-order chi connectivity index (χ0) is 22.5. The normalized spacial score (nSPS) is 12.0. The Morgan fingerprint density at radius 3 is 2.00 bits per heavy atom. The molecule has 30 heavy (non-hydrogen) atoms. The van der Waals surface area contributed by atoms with Gasteiger partial charge in [0.2, 0.25) is 0 Å². The molecule has 0 aliphatic rings. The number of benzene rings is 2. The minimum atomic E-state index is -0.802. The van der Waals surface area contributed by atoms with E-state index < -0.39 is 18.0 Å². The highest BCUT2D eigenvalue weighted by Gasteiger charge is 2.22. The van der Waals surface area contributed by atoms with Gasteiger partial charge < -0.3 is 24.3 Å². The molecule has 0 aliphatic heterocycles. The second kappa shape index (κ2) is 9.52. The van der Waals surface area contributed by atoms with Gasteiger partial charge in [0.15, 0.2) is 17.6 Å². The molecular weight excluding hydrogens is 386 g/mol. The Morgan fingerprint density at radius 2 is 1.50 bits per heavy atom. The number of carbonyl (C=O) groups excluding carboxylic acids is 2. The van der Waals surface area contributed by atoms with E-state index in [0.29, 0.717) is 17.2 Å². The van der Waals surface area contributed by atoms with Crippen molar-refractivity contribution in [3.63, 3.8) is 0 Å². The zero-order valence-corrected chi connectivity index (χ0v) is 18.5. The third-order valence-electron chi connectivity index (χ3n) is 4.59. The van der Waals surface area contributed by atoms with Gasteiger partial charge in [-0.1, -0.05) is 32.9 Å². The first-order valence-corrected chi connectivity index (χ1v) is 9.53. The lowest BCUT2D eigenvalue weighted by atomic mass is 9.87. The van der Waals surface area contributed by atoms with Crippen LogP contribution in [0.5, 0.6) is 17.2 Å². The molecule has 2 rings (SSSR count). The average molecular weight is 415 g/mol. The number of esters is 1. The van der Waals surface area contributed by atoms with Gasteiger partial charge in [-0.2, -0.15) is 0 Å². The van der Waals surface area contributed by atoms with E-state index in [1.807, 2.05) is 24.3 Å². The Bertz CT molecular complexity index is 899.